The van der Waals surface area contributed by atoms with Crippen molar-refractivity contribution in [1.82, 2.24) is 9.97 Å². The maximum absolute atomic E-state index is 13.1. The fourth-order valence-corrected chi connectivity index (χ4v) is 2.09. The minimum absolute atomic E-state index is 0.350. The van der Waals surface area contributed by atoms with Crippen molar-refractivity contribution >= 4 is 26.8 Å². The van der Waals surface area contributed by atoms with E-state index in [4.69, 9.17) is 4.74 Å². The minimum Gasteiger partial charge on any atom is -0.438 e. The Morgan fingerprint density at radius 2 is 1.95 bits per heavy atom. The molecule has 3 rings (SSSR count). The van der Waals surface area contributed by atoms with Gasteiger partial charge in [-0.05, 0) is 30.3 Å². The van der Waals surface area contributed by atoms with Crippen LogP contribution in [0.1, 0.15) is 0 Å². The van der Waals surface area contributed by atoms with Gasteiger partial charge in [-0.3, -0.25) is 0 Å². The predicted molar refractivity (Wildman–Crippen MR) is 73.7 cm³/mol. The highest BCUT2D eigenvalue weighted by atomic mass is 79.9. The first-order valence-electron chi connectivity index (χ1n) is 5.56. The third kappa shape index (κ3) is 2.56. The fraction of sp³-hybridized carbons (Fsp3) is 0. The van der Waals surface area contributed by atoms with E-state index in [1.54, 1.807) is 12.1 Å². The largest absolute Gasteiger partial charge is 0.438 e. The topological polar surface area (TPSA) is 35.0 Å². The molecule has 0 atom stereocenters. The third-order valence-corrected chi connectivity index (χ3v) is 3.06. The van der Waals surface area contributed by atoms with Crippen LogP contribution in [0.25, 0.3) is 10.9 Å². The van der Waals surface area contributed by atoms with Crippen molar-refractivity contribution in [1.29, 1.82) is 0 Å². The summed E-state index contributed by atoms with van der Waals surface area (Å²) in [5.41, 5.74) is 0.768. The maximum atomic E-state index is 13.1. The van der Waals surface area contributed by atoms with E-state index in [0.29, 0.717) is 11.6 Å². The molecule has 2 aromatic carbocycles. The van der Waals surface area contributed by atoms with Crippen molar-refractivity contribution in [2.24, 2.45) is 0 Å². The van der Waals surface area contributed by atoms with Gasteiger partial charge in [0, 0.05) is 10.5 Å². The van der Waals surface area contributed by atoms with Gasteiger partial charge in [-0.2, -0.15) is 0 Å². The van der Waals surface area contributed by atoms with E-state index < -0.39 is 0 Å². The average molecular weight is 319 g/mol. The number of fused-ring (bicyclic) bond motifs is 1. The lowest BCUT2D eigenvalue weighted by atomic mass is 10.2. The number of hydrogen-bond donors (Lipinski definition) is 0. The molecule has 0 saturated carbocycles. The standard InChI is InChI=1S/C14H8BrFN2O/c15-9-4-5-13-12(6-9)14(18-8-17-13)19-11-3-1-2-10(16)7-11/h1-8H. The van der Waals surface area contributed by atoms with Gasteiger partial charge < -0.3 is 4.74 Å². The van der Waals surface area contributed by atoms with Gasteiger partial charge in [0.2, 0.25) is 5.88 Å². The van der Waals surface area contributed by atoms with Crippen molar-refractivity contribution < 1.29 is 9.13 Å². The Kier molecular flexibility index (Phi) is 3.13. The van der Waals surface area contributed by atoms with Gasteiger partial charge in [-0.1, -0.05) is 22.0 Å². The number of aromatic nitrogens is 2. The van der Waals surface area contributed by atoms with Crippen LogP contribution in [0, 0.1) is 5.82 Å². The lowest BCUT2D eigenvalue weighted by Gasteiger charge is -2.07. The lowest BCUT2D eigenvalue weighted by Crippen LogP contribution is -1.91. The summed E-state index contributed by atoms with van der Waals surface area (Å²) in [6, 6.07) is 11.6. The van der Waals surface area contributed by atoms with Crippen LogP contribution >= 0.6 is 15.9 Å². The second-order valence-electron chi connectivity index (χ2n) is 3.90. The molecule has 0 spiro atoms. The van der Waals surface area contributed by atoms with Gasteiger partial charge in [0.1, 0.15) is 17.9 Å². The molecular formula is C14H8BrFN2O. The molecule has 19 heavy (non-hydrogen) atoms. The van der Waals surface area contributed by atoms with Crippen LogP contribution in [-0.2, 0) is 0 Å². The predicted octanol–water partition coefficient (Wildman–Crippen LogP) is 4.32. The van der Waals surface area contributed by atoms with Gasteiger partial charge in [0.05, 0.1) is 10.9 Å². The van der Waals surface area contributed by atoms with Crippen molar-refractivity contribution in [3.05, 3.63) is 59.1 Å². The molecule has 0 saturated heterocycles. The molecule has 0 aliphatic rings. The Bertz CT molecular complexity index is 748. The molecule has 0 N–H and O–H groups in total. The van der Waals surface area contributed by atoms with Gasteiger partial charge in [-0.25, -0.2) is 14.4 Å². The quantitative estimate of drug-likeness (QED) is 0.705. The monoisotopic (exact) mass is 318 g/mol. The molecule has 0 radical (unpaired) electrons. The van der Waals surface area contributed by atoms with E-state index in [2.05, 4.69) is 25.9 Å². The molecule has 0 unspecified atom stereocenters. The van der Waals surface area contributed by atoms with Crippen LogP contribution in [-0.4, -0.2) is 9.97 Å². The van der Waals surface area contributed by atoms with Crippen LogP contribution in [0.15, 0.2) is 53.3 Å². The van der Waals surface area contributed by atoms with Crippen LogP contribution < -0.4 is 4.74 Å². The SMILES string of the molecule is Fc1cccc(Oc2ncnc3ccc(Br)cc23)c1. The normalized spacial score (nSPS) is 10.6. The maximum Gasteiger partial charge on any atom is 0.230 e. The van der Waals surface area contributed by atoms with E-state index >= 15 is 0 Å². The summed E-state index contributed by atoms with van der Waals surface area (Å²) in [6.07, 6.45) is 1.42. The Labute approximate surface area is 117 Å². The van der Waals surface area contributed by atoms with Crippen molar-refractivity contribution in [3.8, 4) is 11.6 Å². The summed E-state index contributed by atoms with van der Waals surface area (Å²) in [7, 11) is 0. The number of halogens is 2. The first-order chi connectivity index (χ1) is 9.22. The third-order valence-electron chi connectivity index (χ3n) is 2.57. The highest BCUT2D eigenvalue weighted by Gasteiger charge is 2.07. The number of nitrogens with zero attached hydrogens (tertiary/aromatic N) is 2. The van der Waals surface area contributed by atoms with Gasteiger partial charge in [-0.15, -0.1) is 0 Å². The summed E-state index contributed by atoms with van der Waals surface area (Å²) in [5.74, 6) is 0.453. The van der Waals surface area contributed by atoms with E-state index in [1.165, 1.54) is 18.5 Å². The smallest absolute Gasteiger partial charge is 0.230 e. The molecule has 0 bridgehead atoms. The number of benzene rings is 2. The Morgan fingerprint density at radius 1 is 1.05 bits per heavy atom. The Morgan fingerprint density at radius 3 is 2.79 bits per heavy atom. The minimum atomic E-state index is -0.350. The molecule has 3 nitrogen and oxygen atoms in total. The van der Waals surface area contributed by atoms with Crippen LogP contribution in [0.5, 0.6) is 11.6 Å². The van der Waals surface area contributed by atoms with E-state index in [1.807, 2.05) is 18.2 Å². The summed E-state index contributed by atoms with van der Waals surface area (Å²) in [5, 5.41) is 0.765. The van der Waals surface area contributed by atoms with Gasteiger partial charge in [0.25, 0.3) is 0 Å². The van der Waals surface area contributed by atoms with Crippen molar-refractivity contribution in [2.45, 2.75) is 0 Å². The van der Waals surface area contributed by atoms with Crippen molar-refractivity contribution in [2.75, 3.05) is 0 Å². The first-order valence-corrected chi connectivity index (χ1v) is 6.35. The summed E-state index contributed by atoms with van der Waals surface area (Å²) in [4.78, 5) is 8.25. The summed E-state index contributed by atoms with van der Waals surface area (Å²) >= 11 is 3.39. The van der Waals surface area contributed by atoms with Crippen LogP contribution in [0.4, 0.5) is 4.39 Å². The Balaban J connectivity index is 2.07. The molecule has 1 heterocycles. The molecule has 94 valence electrons. The molecule has 5 heteroatoms. The zero-order valence-electron chi connectivity index (χ0n) is 9.68. The van der Waals surface area contributed by atoms with Gasteiger partial charge >= 0.3 is 0 Å². The average Bonchev–Trinajstić information content (AvgIpc) is 2.39. The molecule has 0 aliphatic heterocycles. The van der Waals surface area contributed by atoms with E-state index in [0.717, 1.165) is 15.4 Å². The Hall–Kier alpha value is -2.01. The molecule has 1 aromatic heterocycles. The highest BCUT2D eigenvalue weighted by Crippen LogP contribution is 2.28. The molecular weight excluding hydrogens is 311 g/mol. The zero-order valence-corrected chi connectivity index (χ0v) is 11.3. The highest BCUT2D eigenvalue weighted by molar-refractivity contribution is 9.10. The lowest BCUT2D eigenvalue weighted by molar-refractivity contribution is 0.463. The molecule has 0 aliphatic carbocycles. The first kappa shape index (κ1) is 12.0. The van der Waals surface area contributed by atoms with Crippen LogP contribution in [0.3, 0.4) is 0 Å². The molecule has 0 fully saturated rings. The van der Waals surface area contributed by atoms with Gasteiger partial charge in [0.15, 0.2) is 0 Å². The van der Waals surface area contributed by atoms with E-state index in [-0.39, 0.29) is 5.82 Å². The second kappa shape index (κ2) is 4.93. The van der Waals surface area contributed by atoms with Crippen molar-refractivity contribution in [3.63, 3.8) is 0 Å². The molecule has 0 amide bonds. The van der Waals surface area contributed by atoms with E-state index in [9.17, 15) is 4.39 Å². The van der Waals surface area contributed by atoms with Crippen LogP contribution in [0.2, 0.25) is 0 Å². The number of hydrogen-bond acceptors (Lipinski definition) is 3. The second-order valence-corrected chi connectivity index (χ2v) is 4.82. The number of ether oxygens (including phenoxy) is 1. The number of rotatable bonds is 2. The zero-order chi connectivity index (χ0) is 13.2. The molecule has 3 aromatic rings. The summed E-state index contributed by atoms with van der Waals surface area (Å²) in [6.45, 7) is 0. The fourth-order valence-electron chi connectivity index (χ4n) is 1.73. The summed E-state index contributed by atoms with van der Waals surface area (Å²) < 4.78 is 19.6.